The monoisotopic (exact) mass is 302 g/mol. The van der Waals surface area contributed by atoms with E-state index < -0.39 is 0 Å². The Morgan fingerprint density at radius 2 is 1.92 bits per heavy atom. The summed E-state index contributed by atoms with van der Waals surface area (Å²) in [5.74, 6) is 0. The van der Waals surface area contributed by atoms with Crippen molar-refractivity contribution in [3.05, 3.63) is 47.0 Å². The summed E-state index contributed by atoms with van der Waals surface area (Å²) >= 11 is 6.93. The molecular weight excluding hydrogens is 292 g/mol. The van der Waals surface area contributed by atoms with E-state index in [2.05, 4.69) is 62.7 Å². The molecule has 2 heteroatoms. The third kappa shape index (κ3) is 4.10. The maximum Gasteiger partial charge on any atom is 0.0458 e. The van der Waals surface area contributed by atoms with Crippen molar-refractivity contribution in [2.45, 2.75) is 17.7 Å². The lowest BCUT2D eigenvalue weighted by Crippen LogP contribution is -1.98. The fraction of sp³-hybridized carbons (Fsp3) is 0.273. The van der Waals surface area contributed by atoms with Gasteiger partial charge >= 0.3 is 0 Å². The Kier molecular flexibility index (Phi) is 4.74. The summed E-state index contributed by atoms with van der Waals surface area (Å²) in [5.41, 5.74) is 1.38. The van der Waals surface area contributed by atoms with Gasteiger partial charge in [-0.05, 0) is 18.4 Å². The minimum Gasteiger partial charge on any atom is -0.0877 e. The van der Waals surface area contributed by atoms with Gasteiger partial charge in [0.2, 0.25) is 0 Å². The number of rotatable bonds is 4. The fourth-order valence-corrected chi connectivity index (χ4v) is 1.55. The molecule has 0 aliphatic heterocycles. The van der Waals surface area contributed by atoms with Crippen LogP contribution in [0.25, 0.3) is 0 Å². The molecule has 1 aromatic rings. The van der Waals surface area contributed by atoms with Crippen LogP contribution in [-0.2, 0) is 6.42 Å². The number of hydrogen-bond donors (Lipinski definition) is 0. The molecular formula is C11H12Br2. The summed E-state index contributed by atoms with van der Waals surface area (Å²) in [7, 11) is 0. The average Bonchev–Trinajstić information content (AvgIpc) is 2.15. The molecule has 1 atom stereocenters. The molecule has 0 amide bonds. The van der Waals surface area contributed by atoms with E-state index in [0.29, 0.717) is 4.83 Å². The molecule has 1 aromatic carbocycles. The predicted octanol–water partition coefficient (Wildman–Crippen LogP) is 4.29. The van der Waals surface area contributed by atoms with Crippen molar-refractivity contribution in [1.29, 1.82) is 0 Å². The molecule has 1 unspecified atom stereocenters. The summed E-state index contributed by atoms with van der Waals surface area (Å²) in [4.78, 5) is 0.368. The fourth-order valence-electron chi connectivity index (χ4n) is 1.09. The third-order valence-electron chi connectivity index (χ3n) is 1.87. The molecule has 0 fully saturated rings. The van der Waals surface area contributed by atoms with Crippen LogP contribution < -0.4 is 0 Å². The number of aryl methyl sites for hydroxylation is 1. The van der Waals surface area contributed by atoms with Crippen LogP contribution in [0.4, 0.5) is 0 Å². The SMILES string of the molecule is C=C(Br)C(Br)CCc1ccccc1. The molecule has 0 saturated carbocycles. The first-order valence-corrected chi connectivity index (χ1v) is 5.93. The highest BCUT2D eigenvalue weighted by Gasteiger charge is 2.05. The largest absolute Gasteiger partial charge is 0.0877 e. The molecule has 70 valence electrons. The Bertz CT molecular complexity index is 267. The summed E-state index contributed by atoms with van der Waals surface area (Å²) in [6.45, 7) is 3.84. The molecule has 0 nitrogen and oxygen atoms in total. The van der Waals surface area contributed by atoms with E-state index in [4.69, 9.17) is 0 Å². The van der Waals surface area contributed by atoms with Crippen molar-refractivity contribution < 1.29 is 0 Å². The van der Waals surface area contributed by atoms with E-state index in [1.807, 2.05) is 6.07 Å². The molecule has 0 aliphatic carbocycles. The van der Waals surface area contributed by atoms with E-state index in [0.717, 1.165) is 17.3 Å². The molecule has 0 bridgehead atoms. The molecule has 0 aliphatic rings. The lowest BCUT2D eigenvalue weighted by atomic mass is 10.1. The van der Waals surface area contributed by atoms with Gasteiger partial charge in [0.1, 0.15) is 0 Å². The third-order valence-corrected chi connectivity index (χ3v) is 4.05. The number of allylic oxidation sites excluding steroid dienone is 1. The lowest BCUT2D eigenvalue weighted by molar-refractivity contribution is 0.862. The van der Waals surface area contributed by atoms with Crippen molar-refractivity contribution in [3.8, 4) is 0 Å². The van der Waals surface area contributed by atoms with Gasteiger partial charge in [0.15, 0.2) is 0 Å². The van der Waals surface area contributed by atoms with E-state index in [1.54, 1.807) is 0 Å². The Hall–Kier alpha value is -0.0800. The van der Waals surface area contributed by atoms with Crippen LogP contribution in [0.3, 0.4) is 0 Å². The first kappa shape index (κ1) is 11.0. The van der Waals surface area contributed by atoms with Crippen molar-refractivity contribution in [1.82, 2.24) is 0 Å². The minimum atomic E-state index is 0.368. The van der Waals surface area contributed by atoms with Gasteiger partial charge in [-0.3, -0.25) is 0 Å². The summed E-state index contributed by atoms with van der Waals surface area (Å²) in [6, 6.07) is 10.5. The standard InChI is InChI=1S/C11H12Br2/c1-9(12)11(13)8-7-10-5-3-2-4-6-10/h2-6,11H,1,7-8H2. The molecule has 13 heavy (non-hydrogen) atoms. The smallest absolute Gasteiger partial charge is 0.0458 e. The van der Waals surface area contributed by atoms with Gasteiger partial charge in [-0.1, -0.05) is 68.8 Å². The Morgan fingerprint density at radius 3 is 2.46 bits per heavy atom. The Balaban J connectivity index is 2.39. The first-order valence-electron chi connectivity index (χ1n) is 4.22. The van der Waals surface area contributed by atoms with Crippen LogP contribution in [0, 0.1) is 0 Å². The van der Waals surface area contributed by atoms with Crippen LogP contribution in [0.1, 0.15) is 12.0 Å². The predicted molar refractivity (Wildman–Crippen MR) is 65.5 cm³/mol. The highest BCUT2D eigenvalue weighted by Crippen LogP contribution is 2.21. The maximum atomic E-state index is 3.84. The summed E-state index contributed by atoms with van der Waals surface area (Å²) in [6.07, 6.45) is 2.16. The molecule has 0 N–H and O–H groups in total. The van der Waals surface area contributed by atoms with E-state index in [9.17, 15) is 0 Å². The van der Waals surface area contributed by atoms with Crippen LogP contribution in [0.5, 0.6) is 0 Å². The number of alkyl halides is 1. The molecule has 0 spiro atoms. The van der Waals surface area contributed by atoms with E-state index in [1.165, 1.54) is 5.56 Å². The van der Waals surface area contributed by atoms with Gasteiger partial charge in [-0.25, -0.2) is 0 Å². The molecule has 0 aromatic heterocycles. The average molecular weight is 304 g/mol. The van der Waals surface area contributed by atoms with Crippen molar-refractivity contribution in [2.75, 3.05) is 0 Å². The van der Waals surface area contributed by atoms with E-state index >= 15 is 0 Å². The van der Waals surface area contributed by atoms with Crippen molar-refractivity contribution >= 4 is 31.9 Å². The summed E-state index contributed by atoms with van der Waals surface area (Å²) in [5, 5.41) is 0. The quantitative estimate of drug-likeness (QED) is 0.728. The zero-order valence-corrected chi connectivity index (χ0v) is 10.5. The Morgan fingerprint density at radius 1 is 1.31 bits per heavy atom. The van der Waals surface area contributed by atoms with Gasteiger partial charge < -0.3 is 0 Å². The summed E-state index contributed by atoms with van der Waals surface area (Å²) < 4.78 is 1.02. The second kappa shape index (κ2) is 5.61. The van der Waals surface area contributed by atoms with Crippen LogP contribution in [0.15, 0.2) is 41.4 Å². The van der Waals surface area contributed by atoms with Crippen LogP contribution in [-0.4, -0.2) is 4.83 Å². The zero-order valence-electron chi connectivity index (χ0n) is 7.34. The lowest BCUT2D eigenvalue weighted by Gasteiger charge is -2.07. The van der Waals surface area contributed by atoms with Crippen LogP contribution >= 0.6 is 31.9 Å². The Labute approximate surface area is 96.3 Å². The van der Waals surface area contributed by atoms with Crippen molar-refractivity contribution in [3.63, 3.8) is 0 Å². The normalized spacial score (nSPS) is 12.5. The number of hydrogen-bond acceptors (Lipinski definition) is 0. The van der Waals surface area contributed by atoms with Gasteiger partial charge in [-0.15, -0.1) is 0 Å². The molecule has 0 radical (unpaired) electrons. The van der Waals surface area contributed by atoms with Gasteiger partial charge in [0.25, 0.3) is 0 Å². The number of halogens is 2. The van der Waals surface area contributed by atoms with Crippen LogP contribution in [0.2, 0.25) is 0 Å². The second-order valence-electron chi connectivity index (χ2n) is 2.94. The number of benzene rings is 1. The first-order chi connectivity index (χ1) is 6.20. The molecule has 0 saturated heterocycles. The molecule has 0 heterocycles. The highest BCUT2D eigenvalue weighted by molar-refractivity contribution is 9.14. The van der Waals surface area contributed by atoms with Gasteiger partial charge in [-0.2, -0.15) is 0 Å². The zero-order chi connectivity index (χ0) is 9.68. The minimum absolute atomic E-state index is 0.368. The van der Waals surface area contributed by atoms with E-state index in [-0.39, 0.29) is 0 Å². The maximum absolute atomic E-state index is 3.84. The van der Waals surface area contributed by atoms with Gasteiger partial charge in [0, 0.05) is 9.31 Å². The van der Waals surface area contributed by atoms with Crippen molar-refractivity contribution in [2.24, 2.45) is 0 Å². The second-order valence-corrected chi connectivity index (χ2v) is 5.06. The van der Waals surface area contributed by atoms with Gasteiger partial charge in [0.05, 0.1) is 0 Å². The topological polar surface area (TPSA) is 0 Å². The highest BCUT2D eigenvalue weighted by atomic mass is 79.9. The molecule has 1 rings (SSSR count).